The van der Waals surface area contributed by atoms with E-state index < -0.39 is 0 Å². The van der Waals surface area contributed by atoms with Gasteiger partial charge in [0, 0.05) is 0 Å². The van der Waals surface area contributed by atoms with Gasteiger partial charge in [-0.25, -0.2) is 0 Å². The third-order valence-electron chi connectivity index (χ3n) is 5.66. The minimum Gasteiger partial charge on any atom is -0.508 e. The Hall–Kier alpha value is -4.32. The van der Waals surface area contributed by atoms with Crippen LogP contribution in [0, 0.1) is 0 Å². The van der Waals surface area contributed by atoms with Crippen LogP contribution in [0.2, 0.25) is 0 Å². The molecule has 6 heteroatoms. The molecule has 0 saturated heterocycles. The maximum Gasteiger partial charge on any atom is 0.201 e. The van der Waals surface area contributed by atoms with Gasteiger partial charge in [-0.15, -0.1) is 0 Å². The predicted molar refractivity (Wildman–Crippen MR) is 129 cm³/mol. The standard InChI is InChI=1S/C28H26O6/c29-22-5-1-3-19(15-22)7-8-20-16-25(31)28(33)26(17-20)34-23-13-10-18(11-14-23)9-12-21-4-2-6-24(30)27(21)32/h1-6,10-11,13-17,29-33H,7-9,12H2. The number of phenolic OH excluding ortho intramolecular Hbond substituents is 5. The van der Waals surface area contributed by atoms with Gasteiger partial charge in [0.2, 0.25) is 5.75 Å². The van der Waals surface area contributed by atoms with Crippen LogP contribution in [0.15, 0.2) is 78.9 Å². The smallest absolute Gasteiger partial charge is 0.201 e. The van der Waals surface area contributed by atoms with Crippen LogP contribution in [0.1, 0.15) is 22.3 Å². The second-order valence-electron chi connectivity index (χ2n) is 8.16. The highest BCUT2D eigenvalue weighted by Gasteiger charge is 2.12. The Balaban J connectivity index is 1.42. The summed E-state index contributed by atoms with van der Waals surface area (Å²) in [6.45, 7) is 0. The summed E-state index contributed by atoms with van der Waals surface area (Å²) in [6, 6.07) is 22.4. The quantitative estimate of drug-likeness (QED) is 0.221. The maximum absolute atomic E-state index is 10.3. The topological polar surface area (TPSA) is 110 Å². The number of aryl methyl sites for hydroxylation is 4. The molecule has 4 rings (SSSR count). The summed E-state index contributed by atoms with van der Waals surface area (Å²) in [5.74, 6) is 0.0509. The second kappa shape index (κ2) is 10.1. The minimum absolute atomic E-state index is 0.0957. The molecule has 0 bridgehead atoms. The van der Waals surface area contributed by atoms with Gasteiger partial charge in [-0.05, 0) is 90.4 Å². The Kier molecular flexibility index (Phi) is 6.78. The Labute approximate surface area is 197 Å². The van der Waals surface area contributed by atoms with Crippen LogP contribution < -0.4 is 4.74 Å². The molecular weight excluding hydrogens is 432 g/mol. The molecule has 0 atom stereocenters. The van der Waals surface area contributed by atoms with Crippen molar-refractivity contribution in [1.29, 1.82) is 0 Å². The minimum atomic E-state index is -0.329. The maximum atomic E-state index is 10.3. The lowest BCUT2D eigenvalue weighted by atomic mass is 10.0. The lowest BCUT2D eigenvalue weighted by molar-refractivity contribution is 0.372. The third kappa shape index (κ3) is 5.53. The molecule has 0 aliphatic heterocycles. The molecular formula is C28H26O6. The fourth-order valence-electron chi connectivity index (χ4n) is 3.78. The van der Waals surface area contributed by atoms with Crippen molar-refractivity contribution < 1.29 is 30.3 Å². The zero-order chi connectivity index (χ0) is 24.1. The van der Waals surface area contributed by atoms with Crippen LogP contribution in [0.4, 0.5) is 0 Å². The summed E-state index contributed by atoms with van der Waals surface area (Å²) in [5, 5.41) is 49.6. The van der Waals surface area contributed by atoms with Gasteiger partial charge in [-0.3, -0.25) is 0 Å². The number of hydrogen-bond donors (Lipinski definition) is 5. The van der Waals surface area contributed by atoms with E-state index in [1.165, 1.54) is 12.1 Å². The van der Waals surface area contributed by atoms with E-state index in [-0.39, 0.29) is 34.5 Å². The van der Waals surface area contributed by atoms with E-state index in [9.17, 15) is 25.5 Å². The summed E-state index contributed by atoms with van der Waals surface area (Å²) in [5.41, 5.74) is 3.44. The molecule has 0 aliphatic carbocycles. The lowest BCUT2D eigenvalue weighted by Crippen LogP contribution is -1.94. The number of benzene rings is 4. The molecule has 0 fully saturated rings. The molecule has 4 aromatic rings. The highest BCUT2D eigenvalue weighted by Crippen LogP contribution is 2.39. The summed E-state index contributed by atoms with van der Waals surface area (Å²) < 4.78 is 5.83. The molecule has 0 unspecified atom stereocenters. The molecule has 0 spiro atoms. The highest BCUT2D eigenvalue weighted by molar-refractivity contribution is 5.53. The molecule has 4 aromatic carbocycles. The molecule has 0 heterocycles. The van der Waals surface area contributed by atoms with Crippen molar-refractivity contribution in [3.8, 4) is 40.2 Å². The van der Waals surface area contributed by atoms with Crippen LogP contribution in [0.25, 0.3) is 0 Å². The molecule has 0 radical (unpaired) electrons. The SMILES string of the molecule is Oc1cccc(CCc2cc(O)c(O)c(Oc3ccc(CCc4cccc(O)c4O)cc3)c2)c1. The average Bonchev–Trinajstić information content (AvgIpc) is 2.83. The van der Waals surface area contributed by atoms with Crippen LogP contribution in [0.3, 0.4) is 0 Å². The normalized spacial score (nSPS) is 10.8. The van der Waals surface area contributed by atoms with Gasteiger partial charge in [0.1, 0.15) is 11.5 Å². The van der Waals surface area contributed by atoms with E-state index in [0.29, 0.717) is 37.0 Å². The first-order chi connectivity index (χ1) is 16.4. The highest BCUT2D eigenvalue weighted by atomic mass is 16.5. The first-order valence-electron chi connectivity index (χ1n) is 11.0. The van der Waals surface area contributed by atoms with Gasteiger partial charge in [0.05, 0.1) is 0 Å². The van der Waals surface area contributed by atoms with Gasteiger partial charge in [0.15, 0.2) is 23.0 Å². The number of para-hydroxylation sites is 1. The monoisotopic (exact) mass is 458 g/mol. The van der Waals surface area contributed by atoms with E-state index in [2.05, 4.69) is 0 Å². The van der Waals surface area contributed by atoms with Crippen molar-refractivity contribution >= 4 is 0 Å². The lowest BCUT2D eigenvalue weighted by Gasteiger charge is -2.12. The molecule has 34 heavy (non-hydrogen) atoms. The summed E-state index contributed by atoms with van der Waals surface area (Å²) in [4.78, 5) is 0. The number of rotatable bonds is 8. The van der Waals surface area contributed by atoms with Gasteiger partial charge in [-0.1, -0.05) is 36.4 Å². The van der Waals surface area contributed by atoms with E-state index in [0.717, 1.165) is 16.7 Å². The summed E-state index contributed by atoms with van der Waals surface area (Å²) in [6.07, 6.45) is 2.47. The number of hydrogen-bond acceptors (Lipinski definition) is 6. The molecule has 0 aliphatic rings. The van der Waals surface area contributed by atoms with Crippen molar-refractivity contribution in [2.45, 2.75) is 25.7 Å². The van der Waals surface area contributed by atoms with Gasteiger partial charge >= 0.3 is 0 Å². The molecule has 5 N–H and O–H groups in total. The fraction of sp³-hybridized carbons (Fsp3) is 0.143. The molecule has 174 valence electrons. The number of ether oxygens (including phenoxy) is 1. The van der Waals surface area contributed by atoms with Crippen LogP contribution in [-0.4, -0.2) is 25.5 Å². The van der Waals surface area contributed by atoms with E-state index in [4.69, 9.17) is 4.74 Å². The summed E-state index contributed by atoms with van der Waals surface area (Å²) >= 11 is 0. The van der Waals surface area contributed by atoms with Crippen LogP contribution >= 0.6 is 0 Å². The van der Waals surface area contributed by atoms with E-state index in [1.807, 2.05) is 18.2 Å². The van der Waals surface area contributed by atoms with Crippen LogP contribution in [0.5, 0.6) is 40.2 Å². The fourth-order valence-corrected chi connectivity index (χ4v) is 3.78. The van der Waals surface area contributed by atoms with Crippen molar-refractivity contribution in [1.82, 2.24) is 0 Å². The predicted octanol–water partition coefficient (Wildman–Crippen LogP) is 5.58. The average molecular weight is 459 g/mol. The van der Waals surface area contributed by atoms with Gasteiger partial charge in [0.25, 0.3) is 0 Å². The molecule has 0 saturated carbocycles. The second-order valence-corrected chi connectivity index (χ2v) is 8.16. The van der Waals surface area contributed by atoms with Gasteiger partial charge < -0.3 is 30.3 Å². The Morgan fingerprint density at radius 2 is 1.24 bits per heavy atom. The Bertz CT molecular complexity index is 1280. The molecule has 0 amide bonds. The van der Waals surface area contributed by atoms with Crippen molar-refractivity contribution in [2.24, 2.45) is 0 Å². The molecule has 6 nitrogen and oxygen atoms in total. The zero-order valence-corrected chi connectivity index (χ0v) is 18.5. The van der Waals surface area contributed by atoms with E-state index in [1.54, 1.807) is 48.5 Å². The van der Waals surface area contributed by atoms with Crippen molar-refractivity contribution in [3.05, 3.63) is 101 Å². The largest absolute Gasteiger partial charge is 0.508 e. The summed E-state index contributed by atoms with van der Waals surface area (Å²) in [7, 11) is 0. The van der Waals surface area contributed by atoms with Crippen molar-refractivity contribution in [2.75, 3.05) is 0 Å². The first kappa shape index (κ1) is 22.9. The number of aromatic hydroxyl groups is 5. The first-order valence-corrected chi connectivity index (χ1v) is 11.0. The third-order valence-corrected chi connectivity index (χ3v) is 5.66. The van der Waals surface area contributed by atoms with Crippen molar-refractivity contribution in [3.63, 3.8) is 0 Å². The van der Waals surface area contributed by atoms with Gasteiger partial charge in [-0.2, -0.15) is 0 Å². The van der Waals surface area contributed by atoms with Crippen LogP contribution in [-0.2, 0) is 25.7 Å². The van der Waals surface area contributed by atoms with E-state index >= 15 is 0 Å². The zero-order valence-electron chi connectivity index (χ0n) is 18.5. The Morgan fingerprint density at radius 1 is 0.529 bits per heavy atom. The number of phenols is 5. The Morgan fingerprint density at radius 3 is 2.00 bits per heavy atom. The molecule has 0 aromatic heterocycles.